The second kappa shape index (κ2) is 9.82. The number of ether oxygens (including phenoxy) is 1. The number of urea groups is 1. The second-order valence-corrected chi connectivity index (χ2v) is 5.27. The van der Waals surface area contributed by atoms with Crippen molar-refractivity contribution in [2.45, 2.75) is 19.8 Å². The van der Waals surface area contributed by atoms with Crippen LogP contribution in [0.15, 0.2) is 48.5 Å². The summed E-state index contributed by atoms with van der Waals surface area (Å²) >= 11 is 0. The molecule has 0 radical (unpaired) electrons. The quantitative estimate of drug-likeness (QED) is 0.318. The van der Waals surface area contributed by atoms with Gasteiger partial charge in [-0.15, -0.1) is 0 Å². The number of hydrogen-bond acceptors (Lipinski definition) is 4. The molecule has 0 heterocycles. The van der Waals surface area contributed by atoms with Crippen molar-refractivity contribution in [2.75, 3.05) is 22.7 Å². The van der Waals surface area contributed by atoms with Gasteiger partial charge in [-0.3, -0.25) is 15.6 Å². The first-order valence-corrected chi connectivity index (χ1v) is 8.07. The molecule has 2 aromatic rings. The lowest BCUT2D eigenvalue weighted by atomic mass is 10.3. The molecule has 0 fully saturated rings. The molecule has 132 valence electrons. The molecule has 0 aliphatic carbocycles. The lowest BCUT2D eigenvalue weighted by Gasteiger charge is -2.10. The fourth-order valence-electron chi connectivity index (χ4n) is 2.01. The Morgan fingerprint density at radius 2 is 1.52 bits per heavy atom. The van der Waals surface area contributed by atoms with Crippen LogP contribution < -0.4 is 26.2 Å². The largest absolute Gasteiger partial charge is 0.494 e. The molecule has 2 aromatic carbocycles. The van der Waals surface area contributed by atoms with Crippen molar-refractivity contribution in [2.24, 2.45) is 0 Å². The smallest absolute Gasteiger partial charge is 0.323 e. The zero-order chi connectivity index (χ0) is 17.9. The van der Waals surface area contributed by atoms with Gasteiger partial charge in [0, 0.05) is 11.4 Å². The lowest BCUT2D eigenvalue weighted by molar-refractivity contribution is -0.109. The summed E-state index contributed by atoms with van der Waals surface area (Å²) in [6.07, 6.45) is 2.64. The maximum Gasteiger partial charge on any atom is 0.323 e. The summed E-state index contributed by atoms with van der Waals surface area (Å²) in [6, 6.07) is 13.8. The van der Waals surface area contributed by atoms with Crippen molar-refractivity contribution in [3.05, 3.63) is 48.5 Å². The summed E-state index contributed by atoms with van der Waals surface area (Å²) in [5.41, 5.74) is 7.03. The molecule has 0 bridgehead atoms. The van der Waals surface area contributed by atoms with Crippen molar-refractivity contribution < 1.29 is 14.3 Å². The molecule has 2 rings (SSSR count). The van der Waals surface area contributed by atoms with Gasteiger partial charge >= 0.3 is 6.03 Å². The number of carbonyl (C=O) groups excluding carboxylic acids is 2. The highest BCUT2D eigenvalue weighted by Gasteiger charge is 2.03. The van der Waals surface area contributed by atoms with Crippen molar-refractivity contribution in [1.82, 2.24) is 5.43 Å². The van der Waals surface area contributed by atoms with Gasteiger partial charge in [-0.25, -0.2) is 4.79 Å². The van der Waals surface area contributed by atoms with E-state index in [-0.39, 0.29) is 6.03 Å². The Morgan fingerprint density at radius 1 is 0.960 bits per heavy atom. The number of hydrazine groups is 1. The molecular formula is C18H22N4O3. The summed E-state index contributed by atoms with van der Waals surface area (Å²) in [5, 5.41) is 5.49. The molecule has 0 aliphatic heterocycles. The normalized spacial score (nSPS) is 9.80. The molecule has 7 nitrogen and oxygen atoms in total. The average molecular weight is 342 g/mol. The third-order valence-corrected chi connectivity index (χ3v) is 3.30. The maximum atomic E-state index is 12.0. The van der Waals surface area contributed by atoms with Crippen molar-refractivity contribution >= 4 is 29.5 Å². The van der Waals surface area contributed by atoms with Gasteiger partial charge in [0.15, 0.2) is 0 Å². The van der Waals surface area contributed by atoms with Crippen LogP contribution in [0.4, 0.5) is 21.9 Å². The van der Waals surface area contributed by atoms with Crippen LogP contribution in [0.1, 0.15) is 19.8 Å². The summed E-state index contributed by atoms with van der Waals surface area (Å²) in [6.45, 7) is 2.80. The molecule has 0 atom stereocenters. The fourth-order valence-corrected chi connectivity index (χ4v) is 2.01. The Balaban J connectivity index is 1.82. The zero-order valence-corrected chi connectivity index (χ0v) is 14.0. The van der Waals surface area contributed by atoms with Crippen LogP contribution in [-0.4, -0.2) is 19.0 Å². The van der Waals surface area contributed by atoms with Gasteiger partial charge in [-0.05, 0) is 55.0 Å². The highest BCUT2D eigenvalue weighted by molar-refractivity contribution is 5.99. The lowest BCUT2D eigenvalue weighted by Crippen LogP contribution is -2.20. The van der Waals surface area contributed by atoms with Crippen LogP contribution in [0.2, 0.25) is 0 Å². The molecule has 7 heteroatoms. The fraction of sp³-hybridized carbons (Fsp3) is 0.222. The summed E-state index contributed by atoms with van der Waals surface area (Å²) < 4.78 is 5.58. The third kappa shape index (κ3) is 6.42. The molecular weight excluding hydrogens is 320 g/mol. The van der Waals surface area contributed by atoms with E-state index >= 15 is 0 Å². The predicted octanol–water partition coefficient (Wildman–Crippen LogP) is 3.58. The molecule has 0 unspecified atom stereocenters. The zero-order valence-electron chi connectivity index (χ0n) is 14.0. The molecule has 3 amide bonds. The first-order chi connectivity index (χ1) is 12.2. The number of nitrogens with one attached hydrogen (secondary N) is 4. The van der Waals surface area contributed by atoms with Gasteiger partial charge in [0.05, 0.1) is 12.3 Å². The Labute approximate surface area is 146 Å². The van der Waals surface area contributed by atoms with E-state index < -0.39 is 0 Å². The highest BCUT2D eigenvalue weighted by Crippen LogP contribution is 2.17. The van der Waals surface area contributed by atoms with E-state index in [1.54, 1.807) is 36.4 Å². The molecule has 25 heavy (non-hydrogen) atoms. The van der Waals surface area contributed by atoms with E-state index in [0.717, 1.165) is 18.6 Å². The van der Waals surface area contributed by atoms with E-state index in [4.69, 9.17) is 4.74 Å². The molecule has 4 N–H and O–H groups in total. The van der Waals surface area contributed by atoms with Crippen LogP contribution in [-0.2, 0) is 4.79 Å². The average Bonchev–Trinajstić information content (AvgIpc) is 2.63. The topological polar surface area (TPSA) is 91.5 Å². The van der Waals surface area contributed by atoms with E-state index in [9.17, 15) is 9.59 Å². The molecule has 0 spiro atoms. The SMILES string of the molecule is CCCCOc1ccc(NC(=O)Nc2ccc(NNC=O)cc2)cc1. The monoisotopic (exact) mass is 342 g/mol. The number of rotatable bonds is 9. The third-order valence-electron chi connectivity index (χ3n) is 3.30. The van der Waals surface area contributed by atoms with Gasteiger partial charge in [0.1, 0.15) is 5.75 Å². The number of hydrogen-bond donors (Lipinski definition) is 4. The van der Waals surface area contributed by atoms with Crippen LogP contribution >= 0.6 is 0 Å². The molecule has 0 saturated heterocycles. The molecule has 0 aromatic heterocycles. The van der Waals surface area contributed by atoms with Crippen LogP contribution in [0, 0.1) is 0 Å². The summed E-state index contributed by atoms with van der Waals surface area (Å²) in [4.78, 5) is 22.2. The van der Waals surface area contributed by atoms with Crippen molar-refractivity contribution in [1.29, 1.82) is 0 Å². The predicted molar refractivity (Wildman–Crippen MR) is 98.8 cm³/mol. The Kier molecular flexibility index (Phi) is 7.12. The highest BCUT2D eigenvalue weighted by atomic mass is 16.5. The van der Waals surface area contributed by atoms with Crippen LogP contribution in [0.25, 0.3) is 0 Å². The van der Waals surface area contributed by atoms with Gasteiger partial charge in [-0.2, -0.15) is 0 Å². The Bertz CT molecular complexity index is 672. The van der Waals surface area contributed by atoms with Gasteiger partial charge < -0.3 is 15.4 Å². The van der Waals surface area contributed by atoms with Gasteiger partial charge in [0.25, 0.3) is 0 Å². The second-order valence-electron chi connectivity index (χ2n) is 5.27. The maximum absolute atomic E-state index is 12.0. The number of unbranched alkanes of at least 4 members (excludes halogenated alkanes) is 1. The first-order valence-electron chi connectivity index (χ1n) is 8.07. The minimum Gasteiger partial charge on any atom is -0.494 e. The minimum atomic E-state index is -0.341. The number of benzene rings is 2. The molecule has 0 saturated carbocycles. The van der Waals surface area contributed by atoms with Gasteiger partial charge in [0.2, 0.25) is 6.41 Å². The van der Waals surface area contributed by atoms with Crippen molar-refractivity contribution in [3.8, 4) is 5.75 Å². The Hall–Kier alpha value is -3.22. The first kappa shape index (κ1) is 18.1. The number of carbonyl (C=O) groups is 2. The van der Waals surface area contributed by atoms with E-state index in [0.29, 0.717) is 30.1 Å². The van der Waals surface area contributed by atoms with E-state index in [1.807, 2.05) is 12.1 Å². The summed E-state index contributed by atoms with van der Waals surface area (Å²) in [7, 11) is 0. The van der Waals surface area contributed by atoms with Crippen molar-refractivity contribution in [3.63, 3.8) is 0 Å². The molecule has 0 aliphatic rings. The number of amides is 3. The van der Waals surface area contributed by atoms with E-state index in [2.05, 4.69) is 28.4 Å². The van der Waals surface area contributed by atoms with Gasteiger partial charge in [-0.1, -0.05) is 13.3 Å². The van der Waals surface area contributed by atoms with Crippen LogP contribution in [0.5, 0.6) is 5.75 Å². The van der Waals surface area contributed by atoms with E-state index in [1.165, 1.54) is 0 Å². The Morgan fingerprint density at radius 3 is 2.08 bits per heavy atom. The number of anilines is 3. The summed E-state index contributed by atoms with van der Waals surface area (Å²) in [5.74, 6) is 0.784. The minimum absolute atomic E-state index is 0.341. The standard InChI is InChI=1S/C18H22N4O3/c1-2-3-12-25-17-10-8-15(9-11-17)21-18(24)20-14-4-6-16(7-5-14)22-19-13-23/h4-11,13,22H,2-3,12H2,1H3,(H,19,23)(H2,20,21,24). The van der Waals surface area contributed by atoms with Crippen LogP contribution in [0.3, 0.4) is 0 Å².